The number of hydrogen-bond acceptors (Lipinski definition) is 3. The highest BCUT2D eigenvalue weighted by Gasteiger charge is 2.12. The van der Waals surface area contributed by atoms with Gasteiger partial charge in [0.1, 0.15) is 5.82 Å². The van der Waals surface area contributed by atoms with Crippen LogP contribution in [0.2, 0.25) is 5.02 Å². The first kappa shape index (κ1) is 12.8. The molecule has 0 aliphatic heterocycles. The highest BCUT2D eigenvalue weighted by molar-refractivity contribution is 6.30. The third kappa shape index (κ3) is 2.44. The molecule has 1 aromatic carbocycles. The first-order valence-electron chi connectivity index (χ1n) is 5.25. The molecule has 0 aliphatic carbocycles. The Bertz CT molecular complexity index is 575. The Morgan fingerprint density at radius 3 is 2.78 bits per heavy atom. The molecular formula is C13H11ClFNO2. The minimum Gasteiger partial charge on any atom is -0.481 e. The van der Waals surface area contributed by atoms with E-state index in [1.807, 2.05) is 0 Å². The van der Waals surface area contributed by atoms with Crippen molar-refractivity contribution in [2.45, 2.75) is 6.61 Å². The van der Waals surface area contributed by atoms with Crippen molar-refractivity contribution in [2.75, 3.05) is 7.11 Å². The summed E-state index contributed by atoms with van der Waals surface area (Å²) in [6.07, 6.45) is 1.08. The molecule has 3 nitrogen and oxygen atoms in total. The molecule has 94 valence electrons. The molecule has 1 heterocycles. The fraction of sp³-hybridized carbons (Fsp3) is 0.154. The number of halogens is 2. The molecule has 0 unspecified atom stereocenters. The summed E-state index contributed by atoms with van der Waals surface area (Å²) in [5.74, 6) is -0.192. The predicted molar refractivity (Wildman–Crippen MR) is 67.1 cm³/mol. The van der Waals surface area contributed by atoms with E-state index in [1.165, 1.54) is 13.2 Å². The third-order valence-corrected chi connectivity index (χ3v) is 2.81. The number of hydrogen-bond donors (Lipinski definition) is 1. The van der Waals surface area contributed by atoms with Crippen molar-refractivity contribution in [2.24, 2.45) is 0 Å². The van der Waals surface area contributed by atoms with Crippen LogP contribution >= 0.6 is 11.6 Å². The van der Waals surface area contributed by atoms with Gasteiger partial charge in [-0.05, 0) is 23.3 Å². The standard InChI is InChI=1S/C13H11ClFNO2/c1-18-13-5-11(12(15)6-16-13)10-4-9(14)3-2-8(10)7-17/h2-6,17H,7H2,1H3. The van der Waals surface area contributed by atoms with E-state index >= 15 is 0 Å². The number of benzene rings is 1. The Morgan fingerprint density at radius 2 is 2.11 bits per heavy atom. The lowest BCUT2D eigenvalue weighted by Gasteiger charge is -2.10. The van der Waals surface area contributed by atoms with Crippen LogP contribution < -0.4 is 4.74 Å². The van der Waals surface area contributed by atoms with Crippen molar-refractivity contribution in [1.29, 1.82) is 0 Å². The van der Waals surface area contributed by atoms with Gasteiger partial charge in [0.25, 0.3) is 0 Å². The highest BCUT2D eigenvalue weighted by Crippen LogP contribution is 2.30. The van der Waals surface area contributed by atoms with Crippen molar-refractivity contribution in [3.63, 3.8) is 0 Å². The van der Waals surface area contributed by atoms with Crippen LogP contribution in [0.15, 0.2) is 30.5 Å². The lowest BCUT2D eigenvalue weighted by Crippen LogP contribution is -1.95. The molecule has 2 rings (SSSR count). The molecule has 18 heavy (non-hydrogen) atoms. The lowest BCUT2D eigenvalue weighted by molar-refractivity contribution is 0.282. The molecule has 0 radical (unpaired) electrons. The maximum atomic E-state index is 13.8. The first-order chi connectivity index (χ1) is 8.65. The summed E-state index contributed by atoms with van der Waals surface area (Å²) in [4.78, 5) is 3.77. The summed E-state index contributed by atoms with van der Waals surface area (Å²) in [5, 5.41) is 9.75. The van der Waals surface area contributed by atoms with E-state index in [1.54, 1.807) is 18.2 Å². The van der Waals surface area contributed by atoms with Gasteiger partial charge in [0.15, 0.2) is 0 Å². The Hall–Kier alpha value is -1.65. The molecule has 1 N–H and O–H groups in total. The SMILES string of the molecule is COc1cc(-c2cc(Cl)ccc2CO)c(F)cn1. The number of nitrogens with zero attached hydrogens (tertiary/aromatic N) is 1. The lowest BCUT2D eigenvalue weighted by atomic mass is 10.0. The van der Waals surface area contributed by atoms with E-state index in [9.17, 15) is 9.50 Å². The molecule has 0 bridgehead atoms. The second-order valence-corrected chi connectivity index (χ2v) is 4.10. The summed E-state index contributed by atoms with van der Waals surface area (Å²) in [5.41, 5.74) is 1.42. The van der Waals surface area contributed by atoms with Crippen LogP contribution in [0.4, 0.5) is 4.39 Å². The predicted octanol–water partition coefficient (Wildman–Crippen LogP) is 3.04. The smallest absolute Gasteiger partial charge is 0.213 e. The van der Waals surface area contributed by atoms with Crippen LogP contribution in [0.5, 0.6) is 5.88 Å². The van der Waals surface area contributed by atoms with Crippen molar-refractivity contribution >= 4 is 11.6 Å². The average molecular weight is 268 g/mol. The van der Waals surface area contributed by atoms with Gasteiger partial charge in [-0.25, -0.2) is 9.37 Å². The number of methoxy groups -OCH3 is 1. The van der Waals surface area contributed by atoms with Crippen LogP contribution in [-0.2, 0) is 6.61 Å². The minimum atomic E-state index is -0.493. The molecule has 0 aliphatic rings. The zero-order chi connectivity index (χ0) is 13.1. The Labute approximate surface area is 109 Å². The molecule has 0 saturated heterocycles. The second-order valence-electron chi connectivity index (χ2n) is 3.67. The molecule has 0 saturated carbocycles. The van der Waals surface area contributed by atoms with Crippen molar-refractivity contribution in [1.82, 2.24) is 4.98 Å². The van der Waals surface area contributed by atoms with E-state index in [0.717, 1.165) is 6.20 Å². The summed E-state index contributed by atoms with van der Waals surface area (Å²) in [6, 6.07) is 6.38. The van der Waals surface area contributed by atoms with Crippen LogP contribution in [0.3, 0.4) is 0 Å². The number of ether oxygens (including phenoxy) is 1. The van der Waals surface area contributed by atoms with Crippen molar-refractivity contribution in [3.8, 4) is 17.0 Å². The number of aromatic nitrogens is 1. The molecule has 0 amide bonds. The molecule has 2 aromatic rings. The molecule has 0 fully saturated rings. The van der Waals surface area contributed by atoms with Gasteiger partial charge in [0.2, 0.25) is 5.88 Å². The van der Waals surface area contributed by atoms with E-state index in [-0.39, 0.29) is 6.61 Å². The van der Waals surface area contributed by atoms with E-state index < -0.39 is 5.82 Å². The number of rotatable bonds is 3. The van der Waals surface area contributed by atoms with Crippen molar-refractivity contribution < 1.29 is 14.2 Å². The zero-order valence-corrected chi connectivity index (χ0v) is 10.4. The average Bonchev–Trinajstić information content (AvgIpc) is 2.39. The maximum absolute atomic E-state index is 13.8. The summed E-state index contributed by atoms with van der Waals surface area (Å²) in [7, 11) is 1.45. The van der Waals surface area contributed by atoms with E-state index in [0.29, 0.717) is 27.6 Å². The quantitative estimate of drug-likeness (QED) is 0.929. The van der Waals surface area contributed by atoms with Crippen LogP contribution in [0, 0.1) is 5.82 Å². The van der Waals surface area contributed by atoms with Gasteiger partial charge in [0.05, 0.1) is 19.9 Å². The van der Waals surface area contributed by atoms with Gasteiger partial charge >= 0.3 is 0 Å². The summed E-state index contributed by atoms with van der Waals surface area (Å²) >= 11 is 5.90. The largest absolute Gasteiger partial charge is 0.481 e. The van der Waals surface area contributed by atoms with E-state index in [4.69, 9.17) is 16.3 Å². The topological polar surface area (TPSA) is 42.4 Å². The van der Waals surface area contributed by atoms with Gasteiger partial charge in [-0.3, -0.25) is 0 Å². The fourth-order valence-electron chi connectivity index (χ4n) is 1.67. The number of aliphatic hydroxyl groups is 1. The second kappa shape index (κ2) is 5.33. The molecule has 0 spiro atoms. The molecule has 0 atom stereocenters. The highest BCUT2D eigenvalue weighted by atomic mass is 35.5. The van der Waals surface area contributed by atoms with Crippen LogP contribution in [0.1, 0.15) is 5.56 Å². The monoisotopic (exact) mass is 267 g/mol. The van der Waals surface area contributed by atoms with Crippen LogP contribution in [0.25, 0.3) is 11.1 Å². The normalized spacial score (nSPS) is 10.4. The fourth-order valence-corrected chi connectivity index (χ4v) is 1.85. The summed E-state index contributed by atoms with van der Waals surface area (Å²) in [6.45, 7) is -0.198. The van der Waals surface area contributed by atoms with Gasteiger partial charge in [-0.2, -0.15) is 0 Å². The first-order valence-corrected chi connectivity index (χ1v) is 5.62. The van der Waals surface area contributed by atoms with Gasteiger partial charge in [0, 0.05) is 16.7 Å². The number of aliphatic hydroxyl groups excluding tert-OH is 1. The van der Waals surface area contributed by atoms with Crippen molar-refractivity contribution in [3.05, 3.63) is 46.9 Å². The Morgan fingerprint density at radius 1 is 1.33 bits per heavy atom. The Balaban J connectivity index is 2.63. The molecule has 5 heteroatoms. The van der Waals surface area contributed by atoms with Crippen LogP contribution in [-0.4, -0.2) is 17.2 Å². The summed E-state index contributed by atoms with van der Waals surface area (Å²) < 4.78 is 18.8. The number of pyridine rings is 1. The third-order valence-electron chi connectivity index (χ3n) is 2.57. The maximum Gasteiger partial charge on any atom is 0.213 e. The Kier molecular flexibility index (Phi) is 3.79. The molecular weight excluding hydrogens is 257 g/mol. The van der Waals surface area contributed by atoms with Gasteiger partial charge in [-0.1, -0.05) is 17.7 Å². The minimum absolute atomic E-state index is 0.198. The zero-order valence-electron chi connectivity index (χ0n) is 9.65. The molecule has 1 aromatic heterocycles. The van der Waals surface area contributed by atoms with E-state index in [2.05, 4.69) is 4.98 Å². The van der Waals surface area contributed by atoms with Gasteiger partial charge in [-0.15, -0.1) is 0 Å². The van der Waals surface area contributed by atoms with Gasteiger partial charge < -0.3 is 9.84 Å².